The zero-order valence-corrected chi connectivity index (χ0v) is 7.51. The Morgan fingerprint density at radius 1 is 1.15 bits per heavy atom. The summed E-state index contributed by atoms with van der Waals surface area (Å²) in [6.45, 7) is 0. The van der Waals surface area contributed by atoms with E-state index in [1.54, 1.807) is 18.3 Å². The van der Waals surface area contributed by atoms with Crippen LogP contribution in [-0.2, 0) is 0 Å². The second kappa shape index (κ2) is 3.58. The molecule has 68 valence electrons. The zero-order chi connectivity index (χ0) is 8.55. The molecule has 0 unspecified atom stereocenters. The minimum atomic E-state index is -0.256. The molecule has 0 saturated carbocycles. The van der Waals surface area contributed by atoms with Gasteiger partial charge in [0.25, 0.3) is 0 Å². The zero-order valence-electron chi connectivity index (χ0n) is 6.70. The van der Waals surface area contributed by atoms with Gasteiger partial charge in [0.1, 0.15) is 11.6 Å². The first-order valence-corrected chi connectivity index (χ1v) is 3.56. The van der Waals surface area contributed by atoms with Gasteiger partial charge in [-0.15, -0.1) is 12.4 Å². The molecule has 1 aromatic carbocycles. The van der Waals surface area contributed by atoms with Crippen LogP contribution in [0, 0.1) is 5.82 Å². The first kappa shape index (κ1) is 9.74. The first-order chi connectivity index (χ1) is 5.75. The van der Waals surface area contributed by atoms with Crippen LogP contribution in [0.5, 0.6) is 0 Å². The van der Waals surface area contributed by atoms with Gasteiger partial charge in [-0.1, -0.05) is 0 Å². The Balaban J connectivity index is 0.000000845. The van der Waals surface area contributed by atoms with Gasteiger partial charge in [0.05, 0.1) is 0 Å². The maximum Gasteiger partial charge on any atom is 0.123 e. The monoisotopic (exact) mass is 198 g/mol. The first-order valence-electron chi connectivity index (χ1n) is 3.56. The largest absolute Gasteiger partial charge is 0.384 e. The van der Waals surface area contributed by atoms with E-state index in [0.717, 1.165) is 10.8 Å². The third-order valence-electron chi connectivity index (χ3n) is 1.70. The Morgan fingerprint density at radius 3 is 2.69 bits per heavy atom. The molecule has 13 heavy (non-hydrogen) atoms. The fraction of sp³-hybridized carbons (Fsp3) is 0. The molecule has 2 N–H and O–H groups in total. The highest BCUT2D eigenvalue weighted by atomic mass is 35.5. The van der Waals surface area contributed by atoms with Crippen LogP contribution in [0.4, 0.5) is 10.2 Å². The average molecular weight is 199 g/mol. The molecule has 2 rings (SSSR count). The molecule has 2 nitrogen and oxygen atoms in total. The van der Waals surface area contributed by atoms with Crippen molar-refractivity contribution in [3.8, 4) is 0 Å². The van der Waals surface area contributed by atoms with E-state index < -0.39 is 0 Å². The molecule has 0 saturated heterocycles. The molecule has 1 aromatic heterocycles. The number of hydrogen-bond acceptors (Lipinski definition) is 2. The average Bonchev–Trinajstić information content (AvgIpc) is 2.03. The second-order valence-electron chi connectivity index (χ2n) is 2.60. The van der Waals surface area contributed by atoms with Gasteiger partial charge in [0.15, 0.2) is 0 Å². The van der Waals surface area contributed by atoms with Crippen LogP contribution in [-0.4, -0.2) is 4.98 Å². The molecule has 0 fully saturated rings. The van der Waals surface area contributed by atoms with Crippen LogP contribution >= 0.6 is 12.4 Å². The van der Waals surface area contributed by atoms with Gasteiger partial charge in [-0.05, 0) is 29.7 Å². The van der Waals surface area contributed by atoms with Crippen LogP contribution in [0.1, 0.15) is 0 Å². The van der Waals surface area contributed by atoms with Crippen molar-refractivity contribution >= 4 is 29.0 Å². The van der Waals surface area contributed by atoms with Crippen molar-refractivity contribution in [3.05, 3.63) is 36.3 Å². The Labute approximate surface area is 81.0 Å². The van der Waals surface area contributed by atoms with E-state index in [4.69, 9.17) is 5.73 Å². The topological polar surface area (TPSA) is 38.9 Å². The Morgan fingerprint density at radius 2 is 1.92 bits per heavy atom. The van der Waals surface area contributed by atoms with Gasteiger partial charge in [-0.25, -0.2) is 9.37 Å². The number of aromatic nitrogens is 1. The van der Waals surface area contributed by atoms with Gasteiger partial charge in [0.2, 0.25) is 0 Å². The van der Waals surface area contributed by atoms with Crippen molar-refractivity contribution in [3.63, 3.8) is 0 Å². The molecule has 2 aromatic rings. The Kier molecular flexibility index (Phi) is 2.68. The maximum atomic E-state index is 12.7. The highest BCUT2D eigenvalue weighted by Gasteiger charge is 1.95. The lowest BCUT2D eigenvalue weighted by molar-refractivity contribution is 0.630. The summed E-state index contributed by atoms with van der Waals surface area (Å²) in [5.74, 6) is 0.154. The molecule has 0 aliphatic rings. The SMILES string of the molecule is Cl.Nc1cc2cc(F)ccc2cn1. The van der Waals surface area contributed by atoms with Gasteiger partial charge >= 0.3 is 0 Å². The standard InChI is InChI=1S/C9H7FN2.ClH/c10-8-2-1-6-5-12-9(11)4-7(6)3-8;/h1-5H,(H2,11,12);1H. The molecular formula is C9H8ClFN2. The minimum Gasteiger partial charge on any atom is -0.384 e. The summed E-state index contributed by atoms with van der Waals surface area (Å²) in [7, 11) is 0. The van der Waals surface area contributed by atoms with E-state index >= 15 is 0 Å². The summed E-state index contributed by atoms with van der Waals surface area (Å²) < 4.78 is 12.7. The lowest BCUT2D eigenvalue weighted by Crippen LogP contribution is -1.88. The van der Waals surface area contributed by atoms with Crippen molar-refractivity contribution in [2.45, 2.75) is 0 Å². The van der Waals surface area contributed by atoms with Crippen molar-refractivity contribution in [1.29, 1.82) is 0 Å². The molecule has 0 aliphatic heterocycles. The number of halogens is 2. The quantitative estimate of drug-likeness (QED) is 0.706. The van der Waals surface area contributed by atoms with E-state index in [1.807, 2.05) is 0 Å². The Bertz CT molecular complexity index is 394. The van der Waals surface area contributed by atoms with Crippen LogP contribution in [0.3, 0.4) is 0 Å². The van der Waals surface area contributed by atoms with Crippen LogP contribution in [0.2, 0.25) is 0 Å². The van der Waals surface area contributed by atoms with E-state index in [9.17, 15) is 4.39 Å². The predicted molar refractivity (Wildman–Crippen MR) is 53.4 cm³/mol. The van der Waals surface area contributed by atoms with Gasteiger partial charge in [-0.3, -0.25) is 0 Å². The van der Waals surface area contributed by atoms with Crippen LogP contribution in [0.25, 0.3) is 10.8 Å². The number of nitrogens with two attached hydrogens (primary N) is 1. The fourth-order valence-electron chi connectivity index (χ4n) is 1.13. The lowest BCUT2D eigenvalue weighted by atomic mass is 10.2. The number of fused-ring (bicyclic) bond motifs is 1. The summed E-state index contributed by atoms with van der Waals surface area (Å²) >= 11 is 0. The van der Waals surface area contributed by atoms with E-state index in [2.05, 4.69) is 4.98 Å². The van der Waals surface area contributed by atoms with Gasteiger partial charge in [-0.2, -0.15) is 0 Å². The molecule has 0 radical (unpaired) electrons. The molecule has 0 spiro atoms. The number of nitrogens with zero attached hydrogens (tertiary/aromatic N) is 1. The lowest BCUT2D eigenvalue weighted by Gasteiger charge is -1.97. The minimum absolute atomic E-state index is 0. The molecule has 0 atom stereocenters. The summed E-state index contributed by atoms with van der Waals surface area (Å²) in [4.78, 5) is 3.89. The van der Waals surface area contributed by atoms with Gasteiger partial charge in [0, 0.05) is 11.6 Å². The molecule has 1 heterocycles. The van der Waals surface area contributed by atoms with Crippen molar-refractivity contribution in [1.82, 2.24) is 4.98 Å². The second-order valence-corrected chi connectivity index (χ2v) is 2.60. The third-order valence-corrected chi connectivity index (χ3v) is 1.70. The highest BCUT2D eigenvalue weighted by Crippen LogP contribution is 2.15. The molecule has 4 heteroatoms. The van der Waals surface area contributed by atoms with Crippen LogP contribution in [0.15, 0.2) is 30.5 Å². The molecule has 0 amide bonds. The van der Waals surface area contributed by atoms with Crippen molar-refractivity contribution in [2.24, 2.45) is 0 Å². The highest BCUT2D eigenvalue weighted by molar-refractivity contribution is 5.85. The van der Waals surface area contributed by atoms with Crippen molar-refractivity contribution in [2.75, 3.05) is 5.73 Å². The smallest absolute Gasteiger partial charge is 0.123 e. The molecule has 0 bridgehead atoms. The number of pyridine rings is 1. The summed E-state index contributed by atoms with van der Waals surface area (Å²) in [6.07, 6.45) is 1.63. The number of rotatable bonds is 0. The number of hydrogen-bond donors (Lipinski definition) is 1. The molecular weight excluding hydrogens is 191 g/mol. The number of anilines is 1. The molecule has 0 aliphatic carbocycles. The van der Waals surface area contributed by atoms with Gasteiger partial charge < -0.3 is 5.73 Å². The van der Waals surface area contributed by atoms with Crippen LogP contribution < -0.4 is 5.73 Å². The predicted octanol–water partition coefficient (Wildman–Crippen LogP) is 2.38. The summed E-state index contributed by atoms with van der Waals surface area (Å²) in [6, 6.07) is 6.17. The summed E-state index contributed by atoms with van der Waals surface area (Å²) in [5, 5.41) is 1.67. The van der Waals surface area contributed by atoms with E-state index in [-0.39, 0.29) is 18.2 Å². The number of benzene rings is 1. The van der Waals surface area contributed by atoms with E-state index in [0.29, 0.717) is 5.82 Å². The number of nitrogen functional groups attached to an aromatic ring is 1. The van der Waals surface area contributed by atoms with Crippen molar-refractivity contribution < 1.29 is 4.39 Å². The summed E-state index contributed by atoms with van der Waals surface area (Å²) in [5.41, 5.74) is 5.44. The Hall–Kier alpha value is -1.35. The third kappa shape index (κ3) is 1.87. The maximum absolute atomic E-state index is 12.7. The fourth-order valence-corrected chi connectivity index (χ4v) is 1.13. The normalized spacial score (nSPS) is 9.62. The van der Waals surface area contributed by atoms with E-state index in [1.165, 1.54) is 12.1 Å².